The van der Waals surface area contributed by atoms with Crippen LogP contribution in [0.25, 0.3) is 0 Å². The minimum atomic E-state index is -0.190. The summed E-state index contributed by atoms with van der Waals surface area (Å²) in [6.07, 6.45) is 3.23. The first-order valence-electron chi connectivity index (χ1n) is 16.3. The number of rotatable bonds is 12. The number of thioether (sulfide) groups is 1. The first-order valence-corrected chi connectivity index (χ1v) is 17.7. The van der Waals surface area contributed by atoms with Crippen LogP contribution in [-0.4, -0.2) is 69.9 Å². The van der Waals surface area contributed by atoms with Gasteiger partial charge in [0.05, 0.1) is 30.3 Å². The molecule has 3 aromatic rings. The van der Waals surface area contributed by atoms with Crippen LogP contribution in [0.3, 0.4) is 0 Å². The molecule has 47 heavy (non-hydrogen) atoms. The molecule has 1 aliphatic rings. The highest BCUT2D eigenvalue weighted by atomic mass is 35.5. The quantitative estimate of drug-likeness (QED) is 0.191. The van der Waals surface area contributed by atoms with Gasteiger partial charge in [-0.1, -0.05) is 54.6 Å². The van der Waals surface area contributed by atoms with Crippen LogP contribution < -0.4 is 15.0 Å². The van der Waals surface area contributed by atoms with Gasteiger partial charge >= 0.3 is 6.03 Å². The van der Waals surface area contributed by atoms with Crippen molar-refractivity contribution in [2.24, 2.45) is 4.99 Å². The molecule has 2 heterocycles. The van der Waals surface area contributed by atoms with Gasteiger partial charge in [-0.25, -0.2) is 14.8 Å². The molecule has 0 saturated carbocycles. The average molecular weight is 683 g/mol. The third kappa shape index (κ3) is 11.1. The first-order chi connectivity index (χ1) is 22.4. The van der Waals surface area contributed by atoms with Crippen LogP contribution in [-0.2, 0) is 17.6 Å². The Morgan fingerprint density at radius 3 is 2.40 bits per heavy atom. The van der Waals surface area contributed by atoms with Gasteiger partial charge in [-0.2, -0.15) is 0 Å². The molecule has 0 aliphatic carbocycles. The number of amides is 2. The molecule has 1 N–H and O–H groups in total. The molecule has 1 aromatic heterocycles. The van der Waals surface area contributed by atoms with Crippen LogP contribution in [0.15, 0.2) is 53.8 Å². The van der Waals surface area contributed by atoms with Crippen LogP contribution in [0, 0.1) is 13.8 Å². The highest BCUT2D eigenvalue weighted by Crippen LogP contribution is 2.29. The van der Waals surface area contributed by atoms with Crippen LogP contribution in [0.4, 0.5) is 16.3 Å². The zero-order valence-electron chi connectivity index (χ0n) is 29.4. The van der Waals surface area contributed by atoms with Crippen molar-refractivity contribution in [3.8, 4) is 5.75 Å². The molecule has 0 atom stereocenters. The summed E-state index contributed by atoms with van der Waals surface area (Å²) in [5.74, 6) is 2.16. The lowest BCUT2D eigenvalue weighted by atomic mass is 10.0. The highest BCUT2D eigenvalue weighted by Gasteiger charge is 2.34. The summed E-state index contributed by atoms with van der Waals surface area (Å²) in [4.78, 5) is 29.5. The van der Waals surface area contributed by atoms with E-state index in [0.717, 1.165) is 48.4 Å². The van der Waals surface area contributed by atoms with E-state index in [1.165, 1.54) is 23.0 Å². The summed E-state index contributed by atoms with van der Waals surface area (Å²) in [6, 6.07) is 14.0. The topological polar surface area (TPSA) is 92.2 Å². The highest BCUT2D eigenvalue weighted by molar-refractivity contribution is 8.14. The lowest BCUT2D eigenvalue weighted by Crippen LogP contribution is -2.53. The number of ether oxygens (including phenoxy) is 2. The second kappa shape index (κ2) is 18.3. The third-order valence-corrected chi connectivity index (χ3v) is 8.73. The number of carbonyl (C=O) groups is 1. The lowest BCUT2D eigenvalue weighted by molar-refractivity contribution is 0.151. The summed E-state index contributed by atoms with van der Waals surface area (Å²) in [7, 11) is 0. The summed E-state index contributed by atoms with van der Waals surface area (Å²) in [5.41, 5.74) is 5.33. The molecular formula is C36H51ClN6O3S. The number of aliphatic imine (C=N–C) groups is 1. The summed E-state index contributed by atoms with van der Waals surface area (Å²) < 4.78 is 11.4. The average Bonchev–Trinajstić information content (AvgIpc) is 3.03. The SMILES string of the molecule is CC(C)N1C(=O)N(c2ccccc2)CSC1=NC(C)(C)C.CCOCCc1ccc(OCCNc2ncnc(CC)c2Cl)c(C)c1C. The van der Waals surface area contributed by atoms with Gasteiger partial charge in [-0.05, 0) is 103 Å². The Morgan fingerprint density at radius 1 is 1.04 bits per heavy atom. The number of para-hydroxylation sites is 1. The van der Waals surface area contributed by atoms with E-state index in [0.29, 0.717) is 29.9 Å². The fraction of sp³-hybridized carbons (Fsp3) is 0.500. The number of amidine groups is 1. The Balaban J connectivity index is 0.000000261. The molecule has 0 radical (unpaired) electrons. The van der Waals surface area contributed by atoms with Gasteiger partial charge < -0.3 is 14.8 Å². The van der Waals surface area contributed by atoms with Crippen molar-refractivity contribution >= 4 is 46.1 Å². The summed E-state index contributed by atoms with van der Waals surface area (Å²) >= 11 is 7.90. The van der Waals surface area contributed by atoms with E-state index < -0.39 is 0 Å². The minimum Gasteiger partial charge on any atom is -0.491 e. The lowest BCUT2D eigenvalue weighted by Gasteiger charge is -2.38. The van der Waals surface area contributed by atoms with Gasteiger partial charge in [-0.15, -0.1) is 0 Å². The van der Waals surface area contributed by atoms with Gasteiger partial charge in [0, 0.05) is 18.3 Å². The molecule has 2 amide bonds. The number of urea groups is 1. The number of anilines is 2. The molecule has 1 fully saturated rings. The predicted octanol–water partition coefficient (Wildman–Crippen LogP) is 8.56. The standard InChI is InChI=1S/C20H28ClN3O2.C16H23N3OS/c1-5-17-19(21)20(24-13-23-17)22-10-12-26-18-8-7-16(9-11-25-6-2)14(3)15(18)4;1-12(2)19-14(17-16(3,4)5)21-11-18(15(19)20)13-9-7-6-8-10-13/h7-8,13H,5-6,9-12H2,1-4H3,(H,22,23,24);6-10,12H,11H2,1-5H3. The largest absolute Gasteiger partial charge is 0.491 e. The maximum absolute atomic E-state index is 12.8. The van der Waals surface area contributed by atoms with Crippen molar-refractivity contribution in [3.05, 3.63) is 76.2 Å². The second-order valence-electron chi connectivity index (χ2n) is 12.4. The Hall–Kier alpha value is -3.34. The molecule has 1 saturated heterocycles. The van der Waals surface area contributed by atoms with Gasteiger partial charge in [0.25, 0.3) is 0 Å². The van der Waals surface area contributed by atoms with Crippen LogP contribution in [0.1, 0.15) is 70.9 Å². The van der Waals surface area contributed by atoms with E-state index in [2.05, 4.69) is 35.2 Å². The van der Waals surface area contributed by atoms with Crippen molar-refractivity contribution in [1.29, 1.82) is 0 Å². The maximum Gasteiger partial charge on any atom is 0.331 e. The first kappa shape index (κ1) is 38.1. The molecule has 11 heteroatoms. The normalized spacial score (nSPS) is 14.4. The smallest absolute Gasteiger partial charge is 0.331 e. The number of nitrogens with one attached hydrogen (secondary N) is 1. The number of halogens is 1. The van der Waals surface area contributed by atoms with Crippen molar-refractivity contribution in [1.82, 2.24) is 14.9 Å². The summed E-state index contributed by atoms with van der Waals surface area (Å²) in [5, 5.41) is 4.61. The Kier molecular flexibility index (Phi) is 14.8. The molecule has 9 nitrogen and oxygen atoms in total. The van der Waals surface area contributed by atoms with Crippen LogP contribution in [0.2, 0.25) is 5.02 Å². The third-order valence-electron chi connectivity index (χ3n) is 7.40. The van der Waals surface area contributed by atoms with E-state index in [1.54, 1.807) is 21.6 Å². The van der Waals surface area contributed by atoms with Gasteiger partial charge in [0.2, 0.25) is 0 Å². The van der Waals surface area contributed by atoms with Crippen molar-refractivity contribution in [2.45, 2.75) is 86.7 Å². The van der Waals surface area contributed by atoms with Gasteiger partial charge in [-0.3, -0.25) is 14.8 Å². The van der Waals surface area contributed by atoms with Crippen LogP contribution >= 0.6 is 23.4 Å². The fourth-order valence-corrected chi connectivity index (χ4v) is 6.35. The number of aryl methyl sites for hydroxylation is 1. The molecule has 2 aromatic carbocycles. The molecule has 256 valence electrons. The Labute approximate surface area is 290 Å². The monoisotopic (exact) mass is 682 g/mol. The minimum absolute atomic E-state index is 0.00190. The second-order valence-corrected chi connectivity index (χ2v) is 13.7. The number of benzene rings is 2. The van der Waals surface area contributed by atoms with E-state index in [-0.39, 0.29) is 17.6 Å². The van der Waals surface area contributed by atoms with Crippen molar-refractivity contribution < 1.29 is 14.3 Å². The Bertz CT molecular complexity index is 1480. The zero-order valence-corrected chi connectivity index (χ0v) is 31.0. The van der Waals surface area contributed by atoms with Crippen LogP contribution in [0.5, 0.6) is 5.75 Å². The molecular weight excluding hydrogens is 632 g/mol. The van der Waals surface area contributed by atoms with Gasteiger partial charge in [0.15, 0.2) is 5.17 Å². The zero-order chi connectivity index (χ0) is 34.6. The van der Waals surface area contributed by atoms with E-state index in [1.807, 2.05) is 84.9 Å². The molecule has 0 bridgehead atoms. The predicted molar refractivity (Wildman–Crippen MR) is 197 cm³/mol. The number of hydrogen-bond acceptors (Lipinski definition) is 8. The maximum atomic E-state index is 12.8. The van der Waals surface area contributed by atoms with Crippen molar-refractivity contribution in [3.63, 3.8) is 0 Å². The molecule has 0 unspecified atom stereocenters. The number of nitrogens with zero attached hydrogens (tertiary/aromatic N) is 5. The molecule has 0 spiro atoms. The summed E-state index contributed by atoms with van der Waals surface area (Å²) in [6.45, 7) is 21.1. The van der Waals surface area contributed by atoms with Gasteiger partial charge in [0.1, 0.15) is 29.5 Å². The number of aromatic nitrogens is 2. The van der Waals surface area contributed by atoms with E-state index in [4.69, 9.17) is 26.1 Å². The van der Waals surface area contributed by atoms with Crippen molar-refractivity contribution in [2.75, 3.05) is 42.5 Å². The molecule has 1 aliphatic heterocycles. The fourth-order valence-electron chi connectivity index (χ4n) is 4.78. The molecule has 4 rings (SSSR count). The van der Waals surface area contributed by atoms with E-state index >= 15 is 0 Å². The number of hydrogen-bond donors (Lipinski definition) is 1. The number of carbonyl (C=O) groups excluding carboxylic acids is 1. The van der Waals surface area contributed by atoms with E-state index in [9.17, 15) is 4.79 Å². The Morgan fingerprint density at radius 2 is 1.77 bits per heavy atom.